The van der Waals surface area contributed by atoms with E-state index in [1.165, 1.54) is 0 Å². The molecule has 1 N–H and O–H groups in total. The zero-order chi connectivity index (χ0) is 17.5. The van der Waals surface area contributed by atoms with Gasteiger partial charge in [-0.15, -0.1) is 0 Å². The number of carbonyl (C=O) groups excluding carboxylic acids is 1. The molecule has 0 atom stereocenters. The second-order valence-corrected chi connectivity index (χ2v) is 5.32. The van der Waals surface area contributed by atoms with Crippen molar-refractivity contribution < 1.29 is 14.1 Å². The van der Waals surface area contributed by atoms with E-state index in [4.69, 9.17) is 9.26 Å². The van der Waals surface area contributed by atoms with Crippen LogP contribution in [-0.2, 0) is 17.8 Å². The van der Waals surface area contributed by atoms with Crippen molar-refractivity contribution in [2.75, 3.05) is 6.61 Å². The third kappa shape index (κ3) is 4.63. The zero-order valence-electron chi connectivity index (χ0n) is 13.8. The van der Waals surface area contributed by atoms with Gasteiger partial charge in [0, 0.05) is 30.9 Å². The van der Waals surface area contributed by atoms with Gasteiger partial charge in [-0.3, -0.25) is 9.78 Å². The Hall–Kier alpha value is -3.22. The van der Waals surface area contributed by atoms with E-state index in [2.05, 4.69) is 20.4 Å². The zero-order valence-corrected chi connectivity index (χ0v) is 13.8. The molecule has 0 radical (unpaired) electrons. The summed E-state index contributed by atoms with van der Waals surface area (Å²) in [6.07, 6.45) is 4.12. The third-order valence-corrected chi connectivity index (χ3v) is 3.47. The summed E-state index contributed by atoms with van der Waals surface area (Å²) >= 11 is 0. The molecule has 3 aromatic rings. The molecule has 7 nitrogen and oxygen atoms in total. The van der Waals surface area contributed by atoms with E-state index >= 15 is 0 Å². The predicted molar refractivity (Wildman–Crippen MR) is 90.7 cm³/mol. The minimum atomic E-state index is -0.197. The van der Waals surface area contributed by atoms with Gasteiger partial charge in [0.1, 0.15) is 5.75 Å². The minimum Gasteiger partial charge on any atom is -0.484 e. The van der Waals surface area contributed by atoms with Crippen molar-refractivity contribution in [2.45, 2.75) is 19.9 Å². The van der Waals surface area contributed by atoms with Gasteiger partial charge in [-0.25, -0.2) is 0 Å². The SMILES string of the molecule is CCc1noc(-c2ccc(OCC(=O)NCc3cccnc3)cc2)n1. The van der Waals surface area contributed by atoms with Crippen molar-refractivity contribution in [1.82, 2.24) is 20.4 Å². The van der Waals surface area contributed by atoms with Crippen molar-refractivity contribution in [2.24, 2.45) is 0 Å². The third-order valence-electron chi connectivity index (χ3n) is 3.47. The number of hydrogen-bond acceptors (Lipinski definition) is 6. The van der Waals surface area contributed by atoms with Crippen molar-refractivity contribution in [1.29, 1.82) is 0 Å². The summed E-state index contributed by atoms with van der Waals surface area (Å²) < 4.78 is 10.7. The second-order valence-electron chi connectivity index (χ2n) is 5.32. The molecule has 0 aliphatic carbocycles. The van der Waals surface area contributed by atoms with Crippen LogP contribution in [0, 0.1) is 0 Å². The van der Waals surface area contributed by atoms with Crippen LogP contribution in [0.5, 0.6) is 5.75 Å². The Morgan fingerprint density at radius 2 is 2.08 bits per heavy atom. The molecule has 1 amide bonds. The number of hydrogen-bond donors (Lipinski definition) is 1. The summed E-state index contributed by atoms with van der Waals surface area (Å²) in [5.74, 6) is 1.53. The van der Waals surface area contributed by atoms with Crippen molar-refractivity contribution in [3.8, 4) is 17.2 Å². The van der Waals surface area contributed by atoms with Crippen molar-refractivity contribution in [3.63, 3.8) is 0 Å². The molecule has 0 aliphatic heterocycles. The van der Waals surface area contributed by atoms with Crippen LogP contribution < -0.4 is 10.1 Å². The Morgan fingerprint density at radius 3 is 2.76 bits per heavy atom. The van der Waals surface area contributed by atoms with Gasteiger partial charge in [0.2, 0.25) is 0 Å². The highest BCUT2D eigenvalue weighted by Gasteiger charge is 2.08. The number of amides is 1. The van der Waals surface area contributed by atoms with E-state index < -0.39 is 0 Å². The highest BCUT2D eigenvalue weighted by atomic mass is 16.5. The van der Waals surface area contributed by atoms with E-state index in [1.807, 2.05) is 31.2 Å². The van der Waals surface area contributed by atoms with E-state index in [1.54, 1.807) is 24.5 Å². The molecule has 7 heteroatoms. The largest absolute Gasteiger partial charge is 0.484 e. The molecule has 0 spiro atoms. The Labute approximate surface area is 145 Å². The Balaban J connectivity index is 1.49. The number of carbonyl (C=O) groups is 1. The van der Waals surface area contributed by atoms with Crippen molar-refractivity contribution in [3.05, 3.63) is 60.2 Å². The second kappa shape index (κ2) is 8.05. The molecule has 3 rings (SSSR count). The first-order valence-electron chi connectivity index (χ1n) is 7.96. The van der Waals surface area contributed by atoms with Crippen molar-refractivity contribution >= 4 is 5.91 Å². The van der Waals surface area contributed by atoms with E-state index in [0.29, 0.717) is 24.0 Å². The fourth-order valence-corrected chi connectivity index (χ4v) is 2.11. The Kier molecular flexibility index (Phi) is 5.36. The molecular formula is C18H18N4O3. The summed E-state index contributed by atoms with van der Waals surface area (Å²) in [7, 11) is 0. The highest BCUT2D eigenvalue weighted by Crippen LogP contribution is 2.20. The van der Waals surface area contributed by atoms with Gasteiger partial charge in [-0.05, 0) is 35.9 Å². The number of pyridine rings is 1. The van der Waals surface area contributed by atoms with E-state index in [9.17, 15) is 4.79 Å². The maximum Gasteiger partial charge on any atom is 0.258 e. The molecule has 128 valence electrons. The summed E-state index contributed by atoms with van der Waals surface area (Å²) in [5.41, 5.74) is 1.74. The van der Waals surface area contributed by atoms with Crippen LogP contribution in [0.1, 0.15) is 18.3 Å². The van der Waals surface area contributed by atoms with Crippen LogP contribution in [0.25, 0.3) is 11.5 Å². The highest BCUT2D eigenvalue weighted by molar-refractivity contribution is 5.77. The Bertz CT molecular complexity index is 816. The quantitative estimate of drug-likeness (QED) is 0.711. The predicted octanol–water partition coefficient (Wildman–Crippen LogP) is 2.39. The van der Waals surface area contributed by atoms with Crippen LogP contribution in [-0.4, -0.2) is 27.6 Å². The lowest BCUT2D eigenvalue weighted by molar-refractivity contribution is -0.123. The van der Waals surface area contributed by atoms with Gasteiger partial charge in [0.25, 0.3) is 11.8 Å². The number of aromatic nitrogens is 3. The Morgan fingerprint density at radius 1 is 1.24 bits per heavy atom. The molecule has 0 saturated carbocycles. The molecule has 0 bridgehead atoms. The standard InChI is InChI=1S/C18H18N4O3/c1-2-16-21-18(25-22-16)14-5-7-15(8-6-14)24-12-17(23)20-11-13-4-3-9-19-10-13/h3-10H,2,11-12H2,1H3,(H,20,23). The van der Waals surface area contributed by atoms with Gasteiger partial charge in [0.05, 0.1) is 0 Å². The van der Waals surface area contributed by atoms with Crippen LogP contribution in [0.2, 0.25) is 0 Å². The van der Waals surface area contributed by atoms with Crippen LogP contribution in [0.3, 0.4) is 0 Å². The normalized spacial score (nSPS) is 10.4. The summed E-state index contributed by atoms with van der Waals surface area (Å²) in [4.78, 5) is 20.1. The van der Waals surface area contributed by atoms with Gasteiger partial charge < -0.3 is 14.6 Å². The average Bonchev–Trinajstić information content (AvgIpc) is 3.15. The minimum absolute atomic E-state index is 0.0554. The van der Waals surface area contributed by atoms with Crippen LogP contribution >= 0.6 is 0 Å². The maximum atomic E-state index is 11.8. The average molecular weight is 338 g/mol. The molecule has 0 saturated heterocycles. The lowest BCUT2D eigenvalue weighted by atomic mass is 10.2. The van der Waals surface area contributed by atoms with Gasteiger partial charge >= 0.3 is 0 Å². The molecule has 0 fully saturated rings. The van der Waals surface area contributed by atoms with Crippen LogP contribution in [0.4, 0.5) is 0 Å². The number of rotatable bonds is 7. The van der Waals surface area contributed by atoms with Gasteiger partial charge in [-0.2, -0.15) is 4.98 Å². The van der Waals surface area contributed by atoms with Crippen LogP contribution in [0.15, 0.2) is 53.3 Å². The molecule has 2 aromatic heterocycles. The number of ether oxygens (including phenoxy) is 1. The lowest BCUT2D eigenvalue weighted by Crippen LogP contribution is -2.28. The van der Waals surface area contributed by atoms with E-state index in [-0.39, 0.29) is 12.5 Å². The molecule has 2 heterocycles. The monoisotopic (exact) mass is 338 g/mol. The first-order chi connectivity index (χ1) is 12.2. The fraction of sp³-hybridized carbons (Fsp3) is 0.222. The molecule has 1 aromatic carbocycles. The first kappa shape index (κ1) is 16.6. The summed E-state index contributed by atoms with van der Waals surface area (Å²) in [5, 5.41) is 6.64. The van der Waals surface area contributed by atoms with Gasteiger partial charge in [-0.1, -0.05) is 18.1 Å². The molecule has 0 unspecified atom stereocenters. The topological polar surface area (TPSA) is 90.1 Å². The van der Waals surface area contributed by atoms with Gasteiger partial charge in [0.15, 0.2) is 12.4 Å². The van der Waals surface area contributed by atoms with E-state index in [0.717, 1.165) is 17.5 Å². The lowest BCUT2D eigenvalue weighted by Gasteiger charge is -2.07. The molecular weight excluding hydrogens is 320 g/mol. The molecule has 25 heavy (non-hydrogen) atoms. The summed E-state index contributed by atoms with van der Waals surface area (Å²) in [6, 6.07) is 10.9. The molecule has 0 aliphatic rings. The number of aryl methyl sites for hydroxylation is 1. The number of benzene rings is 1. The fourth-order valence-electron chi connectivity index (χ4n) is 2.11. The number of nitrogens with one attached hydrogen (secondary N) is 1. The maximum absolute atomic E-state index is 11.8. The summed E-state index contributed by atoms with van der Waals surface area (Å²) in [6.45, 7) is 2.33. The first-order valence-corrected chi connectivity index (χ1v) is 7.96. The number of nitrogens with zero attached hydrogens (tertiary/aromatic N) is 3. The smallest absolute Gasteiger partial charge is 0.258 e.